The van der Waals surface area contributed by atoms with Crippen molar-refractivity contribution in [2.75, 3.05) is 0 Å². The fourth-order valence-corrected chi connectivity index (χ4v) is 3.64. The number of halogens is 1. The van der Waals surface area contributed by atoms with Gasteiger partial charge in [-0.25, -0.2) is 4.98 Å². The van der Waals surface area contributed by atoms with Crippen molar-refractivity contribution < 1.29 is 4.52 Å². The van der Waals surface area contributed by atoms with E-state index in [1.54, 1.807) is 12.1 Å². The average molecular weight is 377 g/mol. The smallest absolute Gasteiger partial charge is 0.269 e. The molecule has 3 aromatic heterocycles. The Kier molecular flexibility index (Phi) is 4.09. The van der Waals surface area contributed by atoms with Gasteiger partial charge in [0.25, 0.3) is 5.56 Å². The molecule has 0 radical (unpaired) electrons. The molecule has 4 rings (SSSR count). The second kappa shape index (κ2) is 6.39. The lowest BCUT2D eigenvalue weighted by Gasteiger charge is -1.97. The van der Waals surface area contributed by atoms with E-state index in [0.29, 0.717) is 37.9 Å². The Balaban J connectivity index is 1.51. The Morgan fingerprint density at radius 2 is 2.04 bits per heavy atom. The summed E-state index contributed by atoms with van der Waals surface area (Å²) in [6, 6.07) is 9.02. The molecule has 3 heterocycles. The summed E-state index contributed by atoms with van der Waals surface area (Å²) in [5.74, 6) is 1.37. The Labute approximate surface area is 148 Å². The highest BCUT2D eigenvalue weighted by Gasteiger charge is 2.11. The number of thioether (sulfide) groups is 1. The van der Waals surface area contributed by atoms with Crippen LogP contribution in [0.4, 0.5) is 0 Å². The van der Waals surface area contributed by atoms with E-state index >= 15 is 0 Å². The van der Waals surface area contributed by atoms with Crippen LogP contribution >= 0.6 is 34.7 Å². The van der Waals surface area contributed by atoms with Crippen LogP contribution in [0.3, 0.4) is 0 Å². The van der Waals surface area contributed by atoms with Crippen LogP contribution in [0.1, 0.15) is 5.89 Å². The molecule has 0 amide bonds. The number of rotatable bonds is 4. The summed E-state index contributed by atoms with van der Waals surface area (Å²) in [4.78, 5) is 23.4. The third-order valence-electron chi connectivity index (χ3n) is 3.20. The molecular formula is C15H9ClN4O2S2. The number of aromatic nitrogens is 4. The van der Waals surface area contributed by atoms with Crippen LogP contribution in [-0.4, -0.2) is 20.1 Å². The molecule has 0 saturated heterocycles. The number of thiophene rings is 1. The van der Waals surface area contributed by atoms with Crippen LogP contribution in [0.25, 0.3) is 21.6 Å². The number of fused-ring (bicyclic) bond motifs is 1. The largest absolute Gasteiger partial charge is 0.338 e. The van der Waals surface area contributed by atoms with Crippen molar-refractivity contribution in [3.8, 4) is 11.4 Å². The molecule has 0 spiro atoms. The quantitative estimate of drug-likeness (QED) is 0.428. The minimum absolute atomic E-state index is 0.134. The maximum Gasteiger partial charge on any atom is 0.269 e. The van der Waals surface area contributed by atoms with Crippen LogP contribution in [0.2, 0.25) is 5.02 Å². The third-order valence-corrected chi connectivity index (χ3v) is 5.21. The first-order chi connectivity index (χ1) is 11.7. The van der Waals surface area contributed by atoms with Crippen LogP contribution < -0.4 is 5.56 Å². The summed E-state index contributed by atoms with van der Waals surface area (Å²) >= 11 is 8.58. The summed E-state index contributed by atoms with van der Waals surface area (Å²) in [6.45, 7) is 0. The average Bonchev–Trinajstić information content (AvgIpc) is 3.23. The van der Waals surface area contributed by atoms with E-state index in [2.05, 4.69) is 20.1 Å². The van der Waals surface area contributed by atoms with E-state index in [1.165, 1.54) is 23.1 Å². The molecule has 24 heavy (non-hydrogen) atoms. The van der Waals surface area contributed by atoms with Gasteiger partial charge in [0.05, 0.1) is 11.3 Å². The van der Waals surface area contributed by atoms with Crippen molar-refractivity contribution in [2.24, 2.45) is 0 Å². The molecule has 0 bridgehead atoms. The van der Waals surface area contributed by atoms with Gasteiger partial charge in [0.2, 0.25) is 11.7 Å². The van der Waals surface area contributed by atoms with Crippen molar-refractivity contribution in [3.63, 3.8) is 0 Å². The van der Waals surface area contributed by atoms with Gasteiger partial charge in [-0.1, -0.05) is 28.5 Å². The standard InChI is InChI=1S/C15H9ClN4O2S2/c16-9-3-1-8(2-4-9)13-18-11(22-20-13)7-24-15-17-10-5-6-23-12(10)14(21)19-15/h1-6H,7H2,(H,17,19,21). The summed E-state index contributed by atoms with van der Waals surface area (Å²) < 4.78 is 5.87. The topological polar surface area (TPSA) is 84.7 Å². The summed E-state index contributed by atoms with van der Waals surface area (Å²) in [5.41, 5.74) is 1.38. The predicted molar refractivity (Wildman–Crippen MR) is 94.5 cm³/mol. The van der Waals surface area contributed by atoms with E-state index in [4.69, 9.17) is 16.1 Å². The predicted octanol–water partition coefficient (Wildman–Crippen LogP) is 3.98. The molecule has 0 saturated carbocycles. The molecule has 0 unspecified atom stereocenters. The van der Waals surface area contributed by atoms with Crippen LogP contribution in [0.15, 0.2) is 50.2 Å². The molecule has 0 aliphatic rings. The van der Waals surface area contributed by atoms with Crippen molar-refractivity contribution in [3.05, 3.63) is 57.0 Å². The SMILES string of the molecule is O=c1[nH]c(SCc2nc(-c3ccc(Cl)cc3)no2)nc2ccsc12. The van der Waals surface area contributed by atoms with Gasteiger partial charge in [0, 0.05) is 10.6 Å². The number of nitrogens with one attached hydrogen (secondary N) is 1. The van der Waals surface area contributed by atoms with Crippen molar-refractivity contribution >= 4 is 44.9 Å². The Bertz CT molecular complexity index is 1060. The number of benzene rings is 1. The lowest BCUT2D eigenvalue weighted by Crippen LogP contribution is -2.07. The second-order valence-corrected chi connectivity index (χ2v) is 7.13. The van der Waals surface area contributed by atoms with Gasteiger partial charge in [-0.2, -0.15) is 4.98 Å². The monoisotopic (exact) mass is 376 g/mol. The molecule has 0 fully saturated rings. The zero-order chi connectivity index (χ0) is 16.5. The first-order valence-electron chi connectivity index (χ1n) is 6.88. The van der Waals surface area contributed by atoms with Crippen LogP contribution in [0, 0.1) is 0 Å². The van der Waals surface area contributed by atoms with E-state index in [1.807, 2.05) is 23.6 Å². The van der Waals surface area contributed by atoms with E-state index < -0.39 is 0 Å². The summed E-state index contributed by atoms with van der Waals surface area (Å²) in [5, 5.41) is 6.97. The number of hydrogen-bond donors (Lipinski definition) is 1. The highest BCUT2D eigenvalue weighted by Crippen LogP contribution is 2.23. The van der Waals surface area contributed by atoms with Crippen molar-refractivity contribution in [1.82, 2.24) is 20.1 Å². The van der Waals surface area contributed by atoms with Crippen molar-refractivity contribution in [1.29, 1.82) is 0 Å². The third kappa shape index (κ3) is 3.08. The number of aromatic amines is 1. The lowest BCUT2D eigenvalue weighted by molar-refractivity contribution is 0.391. The molecule has 0 aliphatic heterocycles. The summed E-state index contributed by atoms with van der Waals surface area (Å²) in [6.07, 6.45) is 0. The van der Waals surface area contributed by atoms with E-state index in [0.717, 1.165) is 5.56 Å². The Morgan fingerprint density at radius 3 is 2.88 bits per heavy atom. The molecule has 6 nitrogen and oxygen atoms in total. The number of H-pyrrole nitrogens is 1. The van der Waals surface area contributed by atoms with Crippen LogP contribution in [0.5, 0.6) is 0 Å². The van der Waals surface area contributed by atoms with Gasteiger partial charge in [-0.05, 0) is 35.7 Å². The maximum atomic E-state index is 11.9. The first kappa shape index (κ1) is 15.4. The zero-order valence-electron chi connectivity index (χ0n) is 12.0. The molecule has 1 N–H and O–H groups in total. The van der Waals surface area contributed by atoms with Gasteiger partial charge >= 0.3 is 0 Å². The molecular weight excluding hydrogens is 368 g/mol. The first-order valence-corrected chi connectivity index (χ1v) is 9.12. The highest BCUT2D eigenvalue weighted by molar-refractivity contribution is 7.98. The fraction of sp³-hybridized carbons (Fsp3) is 0.0667. The molecule has 1 aromatic carbocycles. The lowest BCUT2D eigenvalue weighted by atomic mass is 10.2. The van der Waals surface area contributed by atoms with Crippen molar-refractivity contribution in [2.45, 2.75) is 10.9 Å². The van der Waals surface area contributed by atoms with E-state index in [9.17, 15) is 4.79 Å². The maximum absolute atomic E-state index is 11.9. The van der Waals surface area contributed by atoms with Gasteiger partial charge in [-0.3, -0.25) is 4.79 Å². The normalized spacial score (nSPS) is 11.2. The Morgan fingerprint density at radius 1 is 1.21 bits per heavy atom. The Hall–Kier alpha value is -2.16. The molecule has 9 heteroatoms. The molecule has 0 atom stereocenters. The highest BCUT2D eigenvalue weighted by atomic mass is 35.5. The second-order valence-electron chi connectivity index (χ2n) is 4.81. The molecule has 120 valence electrons. The van der Waals surface area contributed by atoms with Crippen LogP contribution in [-0.2, 0) is 5.75 Å². The zero-order valence-corrected chi connectivity index (χ0v) is 14.4. The number of hydrogen-bond acceptors (Lipinski definition) is 7. The number of nitrogens with zero attached hydrogens (tertiary/aromatic N) is 3. The molecule has 0 aliphatic carbocycles. The molecule has 4 aromatic rings. The van der Waals surface area contributed by atoms with E-state index in [-0.39, 0.29) is 5.56 Å². The fourth-order valence-electron chi connectivity index (χ4n) is 2.08. The minimum Gasteiger partial charge on any atom is -0.338 e. The van der Waals surface area contributed by atoms with Gasteiger partial charge < -0.3 is 9.51 Å². The summed E-state index contributed by atoms with van der Waals surface area (Å²) in [7, 11) is 0. The van der Waals surface area contributed by atoms with Gasteiger partial charge in [0.15, 0.2) is 5.16 Å². The van der Waals surface area contributed by atoms with Gasteiger partial charge in [-0.15, -0.1) is 11.3 Å². The van der Waals surface area contributed by atoms with Gasteiger partial charge in [0.1, 0.15) is 4.70 Å². The minimum atomic E-state index is -0.134.